The van der Waals surface area contributed by atoms with E-state index in [-0.39, 0.29) is 0 Å². The number of phenolic OH excluding ortho intramolecular Hbond substituents is 1. The summed E-state index contributed by atoms with van der Waals surface area (Å²) in [6, 6.07) is 13.7. The first-order chi connectivity index (χ1) is 8.68. The summed E-state index contributed by atoms with van der Waals surface area (Å²) in [6.45, 7) is 1.39. The highest BCUT2D eigenvalue weighted by molar-refractivity contribution is 9.10. The predicted octanol–water partition coefficient (Wildman–Crippen LogP) is 4.21. The summed E-state index contributed by atoms with van der Waals surface area (Å²) in [5, 5.41) is 13.2. The van der Waals surface area contributed by atoms with Crippen LogP contribution in [-0.4, -0.2) is 5.11 Å². The van der Waals surface area contributed by atoms with Gasteiger partial charge in [-0.25, -0.2) is 0 Å². The number of benzene rings is 2. The molecule has 0 atom stereocenters. The number of para-hydroxylation sites is 1. The number of rotatable bonds is 4. The summed E-state index contributed by atoms with van der Waals surface area (Å²) in [6.07, 6.45) is 0. The van der Waals surface area contributed by atoms with E-state index in [0.29, 0.717) is 12.3 Å². The third-order valence-electron chi connectivity index (χ3n) is 2.66. The molecule has 18 heavy (non-hydrogen) atoms. The lowest BCUT2D eigenvalue weighted by atomic mass is 10.2. The van der Waals surface area contributed by atoms with E-state index in [2.05, 4.69) is 43.2 Å². The number of aromatic hydroxyl groups is 1. The zero-order valence-electron chi connectivity index (χ0n) is 9.66. The molecular weight excluding hydrogens is 358 g/mol. The molecule has 2 N–H and O–H groups in total. The van der Waals surface area contributed by atoms with Gasteiger partial charge in [-0.15, -0.1) is 0 Å². The van der Waals surface area contributed by atoms with Crippen LogP contribution >= 0.6 is 31.9 Å². The predicted molar refractivity (Wildman–Crippen MR) is 80.5 cm³/mol. The van der Waals surface area contributed by atoms with E-state index >= 15 is 0 Å². The van der Waals surface area contributed by atoms with Crippen LogP contribution in [0, 0.1) is 0 Å². The summed E-state index contributed by atoms with van der Waals surface area (Å²) in [4.78, 5) is 0. The molecule has 0 unspecified atom stereocenters. The highest BCUT2D eigenvalue weighted by Gasteiger charge is 2.04. The summed E-state index contributed by atoms with van der Waals surface area (Å²) in [5.41, 5.74) is 2.09. The Morgan fingerprint density at radius 1 is 0.833 bits per heavy atom. The van der Waals surface area contributed by atoms with Crippen molar-refractivity contribution in [2.45, 2.75) is 13.1 Å². The number of nitrogens with one attached hydrogen (secondary N) is 1. The maximum atomic E-state index is 9.85. The smallest absolute Gasteiger partial charge is 0.134 e. The fraction of sp³-hybridized carbons (Fsp3) is 0.143. The monoisotopic (exact) mass is 369 g/mol. The van der Waals surface area contributed by atoms with Gasteiger partial charge in [0.05, 0.1) is 4.47 Å². The lowest BCUT2D eigenvalue weighted by Gasteiger charge is -2.09. The molecule has 0 amide bonds. The Bertz CT molecular complexity index is 543. The highest BCUT2D eigenvalue weighted by atomic mass is 79.9. The van der Waals surface area contributed by atoms with Crippen molar-refractivity contribution >= 4 is 31.9 Å². The van der Waals surface area contributed by atoms with Crippen LogP contribution in [0.1, 0.15) is 11.1 Å². The molecule has 0 heterocycles. The maximum absolute atomic E-state index is 9.85. The van der Waals surface area contributed by atoms with E-state index in [1.807, 2.05) is 36.4 Å². The molecule has 0 aliphatic rings. The molecular formula is C14H13Br2NO. The van der Waals surface area contributed by atoms with Crippen LogP contribution in [0.15, 0.2) is 51.4 Å². The zero-order valence-corrected chi connectivity index (χ0v) is 12.8. The average molecular weight is 371 g/mol. The van der Waals surface area contributed by atoms with Crippen molar-refractivity contribution in [2.24, 2.45) is 0 Å². The number of hydrogen-bond acceptors (Lipinski definition) is 2. The lowest BCUT2D eigenvalue weighted by molar-refractivity contribution is 0.461. The van der Waals surface area contributed by atoms with Crippen molar-refractivity contribution < 1.29 is 5.11 Å². The van der Waals surface area contributed by atoms with Gasteiger partial charge in [0.1, 0.15) is 5.75 Å². The third kappa shape index (κ3) is 3.34. The molecule has 2 aromatic rings. The van der Waals surface area contributed by atoms with Crippen LogP contribution < -0.4 is 5.32 Å². The van der Waals surface area contributed by atoms with E-state index in [9.17, 15) is 5.11 Å². The Morgan fingerprint density at radius 3 is 2.22 bits per heavy atom. The Kier molecular flexibility index (Phi) is 4.80. The molecule has 0 aliphatic carbocycles. The molecule has 0 aliphatic heterocycles. The topological polar surface area (TPSA) is 32.3 Å². The van der Waals surface area contributed by atoms with Gasteiger partial charge >= 0.3 is 0 Å². The normalized spacial score (nSPS) is 10.6. The molecule has 0 spiro atoms. The van der Waals surface area contributed by atoms with E-state index in [0.717, 1.165) is 21.1 Å². The molecule has 4 heteroatoms. The molecule has 0 radical (unpaired) electrons. The zero-order chi connectivity index (χ0) is 13.0. The van der Waals surface area contributed by atoms with Crippen molar-refractivity contribution in [3.05, 3.63) is 62.5 Å². The molecule has 0 bridgehead atoms. The third-order valence-corrected chi connectivity index (χ3v) is 4.07. The Labute approximate surface area is 123 Å². The number of halogens is 2. The minimum atomic E-state index is 0.303. The van der Waals surface area contributed by atoms with Gasteiger partial charge in [-0.1, -0.05) is 46.3 Å². The van der Waals surface area contributed by atoms with Gasteiger partial charge < -0.3 is 10.4 Å². The molecule has 0 aromatic heterocycles. The molecule has 0 fully saturated rings. The van der Waals surface area contributed by atoms with Crippen LogP contribution in [0.25, 0.3) is 0 Å². The van der Waals surface area contributed by atoms with Crippen molar-refractivity contribution in [1.82, 2.24) is 5.32 Å². The first kappa shape index (κ1) is 13.6. The number of phenols is 1. The summed E-state index contributed by atoms with van der Waals surface area (Å²) < 4.78 is 1.82. The van der Waals surface area contributed by atoms with E-state index < -0.39 is 0 Å². The van der Waals surface area contributed by atoms with E-state index in [1.165, 1.54) is 5.56 Å². The standard InChI is InChI=1S/C14H13Br2NO/c15-12-6-2-1-4-10(12)8-17-9-11-5-3-7-13(16)14(11)18/h1-7,17-18H,8-9H2. The maximum Gasteiger partial charge on any atom is 0.134 e. The SMILES string of the molecule is Oc1c(Br)cccc1CNCc1ccccc1Br. The summed E-state index contributed by atoms with van der Waals surface area (Å²) >= 11 is 6.82. The second-order valence-electron chi connectivity index (χ2n) is 3.94. The van der Waals surface area contributed by atoms with Crippen molar-refractivity contribution in [2.75, 3.05) is 0 Å². The quantitative estimate of drug-likeness (QED) is 0.844. The van der Waals surface area contributed by atoms with Crippen LogP contribution in [0.2, 0.25) is 0 Å². The van der Waals surface area contributed by atoms with Gasteiger partial charge in [0.25, 0.3) is 0 Å². The van der Waals surface area contributed by atoms with Crippen LogP contribution in [-0.2, 0) is 13.1 Å². The number of hydrogen-bond donors (Lipinski definition) is 2. The summed E-state index contributed by atoms with van der Waals surface area (Å²) in [7, 11) is 0. The van der Waals surface area contributed by atoms with Gasteiger partial charge in [-0.05, 0) is 33.6 Å². The van der Waals surface area contributed by atoms with E-state index in [4.69, 9.17) is 0 Å². The van der Waals surface area contributed by atoms with Gasteiger partial charge in [0, 0.05) is 23.1 Å². The van der Waals surface area contributed by atoms with Crippen LogP contribution in [0.5, 0.6) is 5.75 Å². The Morgan fingerprint density at radius 2 is 1.44 bits per heavy atom. The fourth-order valence-corrected chi connectivity index (χ4v) is 2.51. The first-order valence-corrected chi connectivity index (χ1v) is 7.17. The van der Waals surface area contributed by atoms with Crippen LogP contribution in [0.4, 0.5) is 0 Å². The molecule has 2 rings (SSSR count). The molecule has 0 saturated heterocycles. The van der Waals surface area contributed by atoms with Crippen LogP contribution in [0.3, 0.4) is 0 Å². The van der Waals surface area contributed by atoms with Gasteiger partial charge in [-0.2, -0.15) is 0 Å². The second-order valence-corrected chi connectivity index (χ2v) is 5.65. The minimum Gasteiger partial charge on any atom is -0.506 e. The highest BCUT2D eigenvalue weighted by Crippen LogP contribution is 2.27. The van der Waals surface area contributed by atoms with Crippen molar-refractivity contribution in [3.63, 3.8) is 0 Å². The first-order valence-electron chi connectivity index (χ1n) is 5.59. The molecule has 0 saturated carbocycles. The summed E-state index contributed by atoms with van der Waals surface area (Å²) in [5.74, 6) is 0.303. The van der Waals surface area contributed by atoms with Gasteiger partial charge in [0.15, 0.2) is 0 Å². The van der Waals surface area contributed by atoms with E-state index in [1.54, 1.807) is 0 Å². The lowest BCUT2D eigenvalue weighted by Crippen LogP contribution is -2.13. The van der Waals surface area contributed by atoms with Gasteiger partial charge in [0.2, 0.25) is 0 Å². The molecule has 94 valence electrons. The molecule has 2 aromatic carbocycles. The molecule has 2 nitrogen and oxygen atoms in total. The minimum absolute atomic E-state index is 0.303. The average Bonchev–Trinajstić information content (AvgIpc) is 2.37. The fourth-order valence-electron chi connectivity index (χ4n) is 1.68. The Balaban J connectivity index is 1.97. The van der Waals surface area contributed by atoms with Gasteiger partial charge in [-0.3, -0.25) is 0 Å². The largest absolute Gasteiger partial charge is 0.506 e. The Hall–Kier alpha value is -0.840. The van der Waals surface area contributed by atoms with Crippen molar-refractivity contribution in [3.8, 4) is 5.75 Å². The second kappa shape index (κ2) is 6.36. The van der Waals surface area contributed by atoms with Crippen molar-refractivity contribution in [1.29, 1.82) is 0 Å².